The third kappa shape index (κ3) is 5.51. The molecule has 0 amide bonds. The average molecular weight is 304 g/mol. The van der Waals surface area contributed by atoms with Gasteiger partial charge in [0.15, 0.2) is 11.5 Å². The van der Waals surface area contributed by atoms with E-state index < -0.39 is 0 Å². The van der Waals surface area contributed by atoms with Crippen LogP contribution in [0.15, 0.2) is 12.1 Å². The number of phenols is 1. The van der Waals surface area contributed by atoms with Crippen LogP contribution in [0.3, 0.4) is 0 Å². The summed E-state index contributed by atoms with van der Waals surface area (Å²) in [5.41, 5.74) is 0.763. The minimum absolute atomic E-state index is 0.162. The van der Waals surface area contributed by atoms with Crippen molar-refractivity contribution in [3.63, 3.8) is 0 Å². The average Bonchev–Trinajstić information content (AvgIpc) is 2.39. The molecule has 0 saturated heterocycles. The highest BCUT2D eigenvalue weighted by Gasteiger charge is 2.11. The van der Waals surface area contributed by atoms with Crippen LogP contribution in [0.25, 0.3) is 0 Å². The van der Waals surface area contributed by atoms with Gasteiger partial charge in [-0.25, -0.2) is 0 Å². The van der Waals surface area contributed by atoms with E-state index >= 15 is 0 Å². The van der Waals surface area contributed by atoms with Crippen molar-refractivity contribution in [1.82, 2.24) is 5.32 Å². The van der Waals surface area contributed by atoms with Crippen LogP contribution in [0.5, 0.6) is 11.5 Å². The zero-order valence-corrected chi connectivity index (χ0v) is 13.3. The first-order valence-electron chi connectivity index (χ1n) is 6.45. The molecule has 0 aliphatic heterocycles. The van der Waals surface area contributed by atoms with Gasteiger partial charge in [0.25, 0.3) is 0 Å². The van der Waals surface area contributed by atoms with Crippen molar-refractivity contribution >= 4 is 23.4 Å². The van der Waals surface area contributed by atoms with Crippen LogP contribution in [0.2, 0.25) is 5.02 Å². The fraction of sp³-hybridized carbons (Fsp3) is 0.571. The van der Waals surface area contributed by atoms with Gasteiger partial charge >= 0.3 is 0 Å². The van der Waals surface area contributed by atoms with Crippen LogP contribution in [-0.2, 0) is 6.54 Å². The monoisotopic (exact) mass is 303 g/mol. The van der Waals surface area contributed by atoms with Crippen LogP contribution >= 0.6 is 23.4 Å². The van der Waals surface area contributed by atoms with Crippen LogP contribution in [-0.4, -0.2) is 29.8 Å². The van der Waals surface area contributed by atoms with Gasteiger partial charge in [0.1, 0.15) is 0 Å². The molecule has 0 aliphatic rings. The Balaban J connectivity index is 2.55. The van der Waals surface area contributed by atoms with E-state index in [-0.39, 0.29) is 5.75 Å². The van der Waals surface area contributed by atoms with Gasteiger partial charge in [-0.3, -0.25) is 0 Å². The molecule has 0 heterocycles. The maximum absolute atomic E-state index is 10.0. The summed E-state index contributed by atoms with van der Waals surface area (Å²) in [6, 6.07) is 3.78. The molecule has 0 aromatic heterocycles. The number of benzene rings is 1. The topological polar surface area (TPSA) is 41.5 Å². The molecule has 1 aromatic carbocycles. The zero-order valence-electron chi connectivity index (χ0n) is 11.7. The molecule has 1 aromatic rings. The Morgan fingerprint density at radius 1 is 1.47 bits per heavy atom. The van der Waals surface area contributed by atoms with Gasteiger partial charge < -0.3 is 15.2 Å². The van der Waals surface area contributed by atoms with Crippen molar-refractivity contribution < 1.29 is 9.84 Å². The first kappa shape index (κ1) is 16.5. The summed E-state index contributed by atoms with van der Waals surface area (Å²) < 4.78 is 5.09. The lowest BCUT2D eigenvalue weighted by Gasteiger charge is -2.15. The van der Waals surface area contributed by atoms with Crippen molar-refractivity contribution in [2.24, 2.45) is 0 Å². The molecule has 1 atom stereocenters. The standard InChI is InChI=1S/C14H22ClNO2S/c1-4-19-6-5-10(2)16-9-11-7-12(15)8-13(18-3)14(11)17/h7-8,10,16-17H,4-6,9H2,1-3H3. The second kappa shape index (κ2) is 8.56. The number of aromatic hydroxyl groups is 1. The van der Waals surface area contributed by atoms with Gasteiger partial charge in [0.2, 0.25) is 0 Å². The third-order valence-corrected chi connectivity index (χ3v) is 4.03. The third-order valence-electron chi connectivity index (χ3n) is 2.88. The largest absolute Gasteiger partial charge is 0.504 e. The number of halogens is 1. The van der Waals surface area contributed by atoms with E-state index in [1.807, 2.05) is 11.8 Å². The first-order valence-corrected chi connectivity index (χ1v) is 7.98. The smallest absolute Gasteiger partial charge is 0.162 e. The van der Waals surface area contributed by atoms with E-state index in [4.69, 9.17) is 16.3 Å². The van der Waals surface area contributed by atoms with Crippen molar-refractivity contribution in [3.8, 4) is 11.5 Å². The fourth-order valence-corrected chi connectivity index (χ4v) is 2.75. The molecule has 3 nitrogen and oxygen atoms in total. The summed E-state index contributed by atoms with van der Waals surface area (Å²) in [6.07, 6.45) is 1.11. The van der Waals surface area contributed by atoms with E-state index in [1.165, 1.54) is 7.11 Å². The number of hydrogen-bond acceptors (Lipinski definition) is 4. The lowest BCUT2D eigenvalue weighted by molar-refractivity contribution is 0.369. The van der Waals surface area contributed by atoms with E-state index in [2.05, 4.69) is 19.2 Å². The normalized spacial score (nSPS) is 12.4. The molecule has 108 valence electrons. The summed E-state index contributed by atoms with van der Waals surface area (Å²) in [5.74, 6) is 2.88. The Bertz CT molecular complexity index is 401. The molecule has 5 heteroatoms. The second-order valence-corrected chi connectivity index (χ2v) is 6.21. The Morgan fingerprint density at radius 2 is 2.21 bits per heavy atom. The van der Waals surface area contributed by atoms with E-state index in [1.54, 1.807) is 12.1 Å². The van der Waals surface area contributed by atoms with Gasteiger partial charge in [-0.05, 0) is 30.9 Å². The van der Waals surface area contributed by atoms with Gasteiger partial charge in [-0.1, -0.05) is 18.5 Å². The SMILES string of the molecule is CCSCCC(C)NCc1cc(Cl)cc(OC)c1O. The minimum atomic E-state index is 0.162. The summed E-state index contributed by atoms with van der Waals surface area (Å²) in [7, 11) is 1.52. The van der Waals surface area contributed by atoms with E-state index in [9.17, 15) is 5.11 Å². The highest BCUT2D eigenvalue weighted by molar-refractivity contribution is 7.99. The van der Waals surface area contributed by atoms with Crippen LogP contribution in [0.1, 0.15) is 25.8 Å². The molecule has 0 fully saturated rings. The molecule has 19 heavy (non-hydrogen) atoms. The maximum Gasteiger partial charge on any atom is 0.162 e. The number of phenolic OH excluding ortho intramolecular Hbond substituents is 1. The molecule has 0 spiro atoms. The predicted molar refractivity (Wildman–Crippen MR) is 83.6 cm³/mol. The van der Waals surface area contributed by atoms with Crippen LogP contribution in [0, 0.1) is 0 Å². The van der Waals surface area contributed by atoms with Crippen molar-refractivity contribution in [3.05, 3.63) is 22.7 Å². The minimum Gasteiger partial charge on any atom is -0.504 e. The molecule has 0 aliphatic carbocycles. The van der Waals surface area contributed by atoms with Gasteiger partial charge in [-0.15, -0.1) is 0 Å². The molecule has 0 bridgehead atoms. The first-order chi connectivity index (χ1) is 9.08. The van der Waals surface area contributed by atoms with E-state index in [0.29, 0.717) is 23.4 Å². The fourth-order valence-electron chi connectivity index (χ4n) is 1.71. The van der Waals surface area contributed by atoms with Crippen LogP contribution in [0.4, 0.5) is 0 Å². The number of thioether (sulfide) groups is 1. The van der Waals surface area contributed by atoms with Gasteiger partial charge in [0, 0.05) is 29.2 Å². The zero-order chi connectivity index (χ0) is 14.3. The Labute approximate surface area is 124 Å². The highest BCUT2D eigenvalue weighted by atomic mass is 35.5. The summed E-state index contributed by atoms with van der Waals surface area (Å²) >= 11 is 7.94. The molecular formula is C14H22ClNO2S. The number of nitrogens with one attached hydrogen (secondary N) is 1. The van der Waals surface area contributed by atoms with Crippen LogP contribution < -0.4 is 10.1 Å². The lowest BCUT2D eigenvalue weighted by atomic mass is 10.1. The van der Waals surface area contributed by atoms with Gasteiger partial charge in [0.05, 0.1) is 7.11 Å². The Morgan fingerprint density at radius 3 is 2.84 bits per heavy atom. The Kier molecular flexibility index (Phi) is 7.42. The summed E-state index contributed by atoms with van der Waals surface area (Å²) in [4.78, 5) is 0. The summed E-state index contributed by atoms with van der Waals surface area (Å²) in [5, 5.41) is 14.0. The second-order valence-electron chi connectivity index (χ2n) is 4.38. The highest BCUT2D eigenvalue weighted by Crippen LogP contribution is 2.33. The quantitative estimate of drug-likeness (QED) is 0.719. The Hall–Kier alpha value is -0.580. The molecule has 0 radical (unpaired) electrons. The number of methoxy groups -OCH3 is 1. The summed E-state index contributed by atoms with van der Waals surface area (Å²) in [6.45, 7) is 4.90. The lowest BCUT2D eigenvalue weighted by Crippen LogP contribution is -2.26. The number of ether oxygens (including phenoxy) is 1. The molecule has 1 unspecified atom stereocenters. The molecule has 0 saturated carbocycles. The number of hydrogen-bond donors (Lipinski definition) is 2. The van der Waals surface area contributed by atoms with E-state index in [0.717, 1.165) is 23.5 Å². The molecule has 2 N–H and O–H groups in total. The van der Waals surface area contributed by atoms with Gasteiger partial charge in [-0.2, -0.15) is 11.8 Å². The van der Waals surface area contributed by atoms with Crippen molar-refractivity contribution in [2.45, 2.75) is 32.9 Å². The predicted octanol–water partition coefficient (Wildman–Crippen LogP) is 3.68. The molecular weight excluding hydrogens is 282 g/mol. The van der Waals surface area contributed by atoms with Crippen molar-refractivity contribution in [1.29, 1.82) is 0 Å². The molecule has 1 rings (SSSR count). The van der Waals surface area contributed by atoms with Crippen molar-refractivity contribution in [2.75, 3.05) is 18.6 Å². The maximum atomic E-state index is 10.0. The number of rotatable bonds is 8.